The van der Waals surface area contributed by atoms with E-state index in [9.17, 15) is 4.39 Å². The van der Waals surface area contributed by atoms with Gasteiger partial charge in [0, 0.05) is 13.6 Å². The van der Waals surface area contributed by atoms with Crippen LogP contribution in [0.4, 0.5) is 10.3 Å². The van der Waals surface area contributed by atoms with E-state index in [-0.39, 0.29) is 0 Å². The van der Waals surface area contributed by atoms with Crippen molar-refractivity contribution >= 4 is 5.95 Å². The normalized spacial score (nSPS) is 10.2. The fraction of sp³-hybridized carbons (Fsp3) is 0.556. The molecule has 0 aliphatic rings. The van der Waals surface area contributed by atoms with Crippen LogP contribution in [0, 0.1) is 5.82 Å². The first kappa shape index (κ1) is 10.8. The van der Waals surface area contributed by atoms with Gasteiger partial charge in [0.1, 0.15) is 0 Å². The monoisotopic (exact) mass is 198 g/mol. The second-order valence-electron chi connectivity index (χ2n) is 3.08. The topological polar surface area (TPSA) is 41.0 Å². The van der Waals surface area contributed by atoms with E-state index in [1.807, 2.05) is 19.0 Å². The molecular formula is C9H15FN4. The highest BCUT2D eigenvalue weighted by Gasteiger charge is 2.02. The van der Waals surface area contributed by atoms with Gasteiger partial charge in [-0.25, -0.2) is 14.4 Å². The second kappa shape index (κ2) is 5.49. The van der Waals surface area contributed by atoms with E-state index >= 15 is 0 Å². The molecule has 0 amide bonds. The average molecular weight is 198 g/mol. The van der Waals surface area contributed by atoms with Crippen LogP contribution in [0.1, 0.15) is 6.42 Å². The van der Waals surface area contributed by atoms with Crippen molar-refractivity contribution in [1.82, 2.24) is 15.3 Å². The first-order valence-electron chi connectivity index (χ1n) is 4.57. The summed E-state index contributed by atoms with van der Waals surface area (Å²) in [5.41, 5.74) is 0. The fourth-order valence-electron chi connectivity index (χ4n) is 1.10. The fourth-order valence-corrected chi connectivity index (χ4v) is 1.10. The minimum absolute atomic E-state index is 0.405. The summed E-state index contributed by atoms with van der Waals surface area (Å²) in [5, 5.41) is 3.06. The number of halogens is 1. The second-order valence-corrected chi connectivity index (χ2v) is 3.08. The van der Waals surface area contributed by atoms with Crippen molar-refractivity contribution in [2.24, 2.45) is 0 Å². The highest BCUT2D eigenvalue weighted by atomic mass is 19.1. The van der Waals surface area contributed by atoms with Gasteiger partial charge in [-0.3, -0.25) is 0 Å². The van der Waals surface area contributed by atoms with Crippen molar-refractivity contribution in [3.63, 3.8) is 0 Å². The maximum Gasteiger partial charge on any atom is 0.225 e. The Balaban J connectivity index is 2.43. The van der Waals surface area contributed by atoms with Gasteiger partial charge in [0.2, 0.25) is 5.95 Å². The standard InChI is InChI=1S/C9H15FN4/c1-11-4-3-5-14(2)9-12-6-8(10)7-13-9/h6-7,11H,3-5H2,1-2H3. The highest BCUT2D eigenvalue weighted by Crippen LogP contribution is 2.03. The van der Waals surface area contributed by atoms with Gasteiger partial charge in [0.15, 0.2) is 5.82 Å². The first-order valence-corrected chi connectivity index (χ1v) is 4.57. The van der Waals surface area contributed by atoms with E-state index < -0.39 is 5.82 Å². The van der Waals surface area contributed by atoms with Crippen LogP contribution in [0.15, 0.2) is 12.4 Å². The van der Waals surface area contributed by atoms with Crippen LogP contribution in [0.25, 0.3) is 0 Å². The zero-order chi connectivity index (χ0) is 10.4. The van der Waals surface area contributed by atoms with Gasteiger partial charge in [-0.15, -0.1) is 0 Å². The molecule has 0 aliphatic carbocycles. The quantitative estimate of drug-likeness (QED) is 0.706. The van der Waals surface area contributed by atoms with Crippen LogP contribution in [-0.4, -0.2) is 37.2 Å². The molecule has 0 spiro atoms. The van der Waals surface area contributed by atoms with E-state index in [2.05, 4.69) is 15.3 Å². The maximum absolute atomic E-state index is 12.5. The van der Waals surface area contributed by atoms with Crippen molar-refractivity contribution in [2.75, 3.05) is 32.1 Å². The summed E-state index contributed by atoms with van der Waals surface area (Å²) >= 11 is 0. The Bertz CT molecular complexity index is 262. The Morgan fingerprint density at radius 3 is 2.64 bits per heavy atom. The number of hydrogen-bond donors (Lipinski definition) is 1. The minimum atomic E-state index is -0.405. The Hall–Kier alpha value is -1.23. The molecule has 1 aromatic rings. The van der Waals surface area contributed by atoms with Gasteiger partial charge in [-0.2, -0.15) is 0 Å². The number of hydrogen-bond acceptors (Lipinski definition) is 4. The average Bonchev–Trinajstić information content (AvgIpc) is 2.19. The Labute approximate surface area is 83.2 Å². The van der Waals surface area contributed by atoms with Crippen molar-refractivity contribution in [3.8, 4) is 0 Å². The molecule has 0 fully saturated rings. The Morgan fingerprint density at radius 2 is 2.07 bits per heavy atom. The molecular weight excluding hydrogens is 183 g/mol. The van der Waals surface area contributed by atoms with Gasteiger partial charge in [0.25, 0.3) is 0 Å². The predicted molar refractivity (Wildman–Crippen MR) is 53.8 cm³/mol. The molecule has 1 aromatic heterocycles. The van der Waals surface area contributed by atoms with Crippen molar-refractivity contribution in [2.45, 2.75) is 6.42 Å². The smallest absolute Gasteiger partial charge is 0.225 e. The van der Waals surface area contributed by atoms with E-state index in [4.69, 9.17) is 0 Å². The molecule has 0 bridgehead atoms. The molecule has 14 heavy (non-hydrogen) atoms. The van der Waals surface area contributed by atoms with Gasteiger partial charge < -0.3 is 10.2 Å². The third-order valence-electron chi connectivity index (χ3n) is 1.87. The lowest BCUT2D eigenvalue weighted by molar-refractivity contribution is 0.611. The summed E-state index contributed by atoms with van der Waals surface area (Å²) in [4.78, 5) is 9.65. The number of nitrogens with one attached hydrogen (secondary N) is 1. The van der Waals surface area contributed by atoms with Crippen molar-refractivity contribution in [1.29, 1.82) is 0 Å². The van der Waals surface area contributed by atoms with E-state index in [1.165, 1.54) is 12.4 Å². The molecule has 5 heteroatoms. The molecule has 0 saturated heterocycles. The van der Waals surface area contributed by atoms with Gasteiger partial charge in [-0.1, -0.05) is 0 Å². The summed E-state index contributed by atoms with van der Waals surface area (Å²) < 4.78 is 12.5. The number of rotatable bonds is 5. The summed E-state index contributed by atoms with van der Waals surface area (Å²) in [6, 6.07) is 0. The van der Waals surface area contributed by atoms with Crippen LogP contribution in [0.2, 0.25) is 0 Å². The zero-order valence-corrected chi connectivity index (χ0v) is 8.50. The van der Waals surface area contributed by atoms with Gasteiger partial charge in [0.05, 0.1) is 12.4 Å². The summed E-state index contributed by atoms with van der Waals surface area (Å²) in [5.74, 6) is 0.153. The predicted octanol–water partition coefficient (Wildman–Crippen LogP) is 0.661. The summed E-state index contributed by atoms with van der Waals surface area (Å²) in [7, 11) is 3.80. The Kier molecular flexibility index (Phi) is 4.25. The third-order valence-corrected chi connectivity index (χ3v) is 1.87. The molecule has 0 saturated carbocycles. The van der Waals surface area contributed by atoms with E-state index in [1.54, 1.807) is 0 Å². The molecule has 4 nitrogen and oxygen atoms in total. The van der Waals surface area contributed by atoms with Crippen LogP contribution in [-0.2, 0) is 0 Å². The largest absolute Gasteiger partial charge is 0.344 e. The molecule has 1 N–H and O–H groups in total. The highest BCUT2D eigenvalue weighted by molar-refractivity contribution is 5.26. The SMILES string of the molecule is CNCCCN(C)c1ncc(F)cn1. The van der Waals surface area contributed by atoms with Crippen LogP contribution >= 0.6 is 0 Å². The maximum atomic E-state index is 12.5. The van der Waals surface area contributed by atoms with Crippen molar-refractivity contribution < 1.29 is 4.39 Å². The molecule has 0 atom stereocenters. The molecule has 0 aliphatic heterocycles. The molecule has 0 unspecified atom stereocenters. The van der Waals surface area contributed by atoms with Crippen LogP contribution < -0.4 is 10.2 Å². The minimum Gasteiger partial charge on any atom is -0.344 e. The molecule has 0 radical (unpaired) electrons. The molecule has 1 heterocycles. The number of nitrogens with zero attached hydrogens (tertiary/aromatic N) is 3. The third kappa shape index (κ3) is 3.26. The molecule has 1 rings (SSSR count). The number of anilines is 1. The lowest BCUT2D eigenvalue weighted by Crippen LogP contribution is -2.23. The molecule has 78 valence electrons. The Morgan fingerprint density at radius 1 is 1.43 bits per heavy atom. The van der Waals surface area contributed by atoms with Crippen molar-refractivity contribution in [3.05, 3.63) is 18.2 Å². The lowest BCUT2D eigenvalue weighted by atomic mass is 10.4. The zero-order valence-electron chi connectivity index (χ0n) is 8.50. The van der Waals surface area contributed by atoms with Crippen LogP contribution in [0.3, 0.4) is 0 Å². The van der Waals surface area contributed by atoms with Gasteiger partial charge in [-0.05, 0) is 20.0 Å². The summed E-state index contributed by atoms with van der Waals surface area (Å²) in [6.45, 7) is 1.80. The molecule has 0 aromatic carbocycles. The van der Waals surface area contributed by atoms with Crippen LogP contribution in [0.5, 0.6) is 0 Å². The van der Waals surface area contributed by atoms with Gasteiger partial charge >= 0.3 is 0 Å². The van der Waals surface area contributed by atoms with E-state index in [0.29, 0.717) is 5.95 Å². The lowest BCUT2D eigenvalue weighted by Gasteiger charge is -2.15. The first-order chi connectivity index (χ1) is 6.74. The number of aromatic nitrogens is 2. The summed E-state index contributed by atoms with van der Waals surface area (Å²) in [6.07, 6.45) is 3.36. The van der Waals surface area contributed by atoms with E-state index in [0.717, 1.165) is 19.5 Å².